The Labute approximate surface area is 107 Å². The molecule has 0 aliphatic heterocycles. The summed E-state index contributed by atoms with van der Waals surface area (Å²) in [5, 5.41) is 13.4. The molecule has 0 saturated heterocycles. The van der Waals surface area contributed by atoms with Crippen LogP contribution in [0.4, 0.5) is 0 Å². The van der Waals surface area contributed by atoms with Crippen LogP contribution in [0.3, 0.4) is 0 Å². The van der Waals surface area contributed by atoms with Crippen molar-refractivity contribution in [3.8, 4) is 0 Å². The number of hydrogen-bond acceptors (Lipinski definition) is 3. The molecule has 0 aliphatic rings. The molecule has 0 unspecified atom stereocenters. The van der Waals surface area contributed by atoms with E-state index in [0.717, 1.165) is 12.0 Å². The molecule has 0 aliphatic carbocycles. The zero-order valence-corrected chi connectivity index (χ0v) is 10.6. The summed E-state index contributed by atoms with van der Waals surface area (Å²) in [7, 11) is 0. The third-order valence-corrected chi connectivity index (χ3v) is 2.63. The molecule has 0 aromatic heterocycles. The molecule has 1 aromatic carbocycles. The van der Waals surface area contributed by atoms with Crippen molar-refractivity contribution in [2.75, 3.05) is 6.61 Å². The van der Waals surface area contributed by atoms with E-state index in [2.05, 4.69) is 10.0 Å². The van der Waals surface area contributed by atoms with Crippen molar-refractivity contribution in [1.82, 2.24) is 0 Å². The van der Waals surface area contributed by atoms with E-state index in [-0.39, 0.29) is 6.61 Å². The first-order valence-corrected chi connectivity index (χ1v) is 6.11. The highest BCUT2D eigenvalue weighted by molar-refractivity contribution is 5.13. The number of aliphatic hydroxyl groups excluding tert-OH is 1. The maximum Gasteiger partial charge on any atom is 0.0867 e. The topological polar surface area (TPSA) is 78.2 Å². The summed E-state index contributed by atoms with van der Waals surface area (Å²) in [5.74, 6) is 0. The van der Waals surface area contributed by atoms with Gasteiger partial charge in [-0.1, -0.05) is 48.8 Å². The van der Waals surface area contributed by atoms with Gasteiger partial charge in [-0.05, 0) is 17.5 Å². The molecule has 18 heavy (non-hydrogen) atoms. The molecule has 1 N–H and O–H groups in total. The Balaban J connectivity index is 2.40. The summed E-state index contributed by atoms with van der Waals surface area (Å²) in [6.07, 6.45) is 0.817. The normalized spacial score (nSPS) is 13.7. The van der Waals surface area contributed by atoms with Crippen LogP contribution in [-0.4, -0.2) is 23.9 Å². The van der Waals surface area contributed by atoms with Gasteiger partial charge in [0.05, 0.1) is 25.4 Å². The smallest absolute Gasteiger partial charge is 0.0867 e. The van der Waals surface area contributed by atoms with Gasteiger partial charge in [0.2, 0.25) is 0 Å². The number of rotatable bonds is 8. The van der Waals surface area contributed by atoms with Gasteiger partial charge in [0.25, 0.3) is 0 Å². The lowest BCUT2D eigenvalue weighted by Gasteiger charge is -2.17. The highest BCUT2D eigenvalue weighted by Gasteiger charge is 2.17. The summed E-state index contributed by atoms with van der Waals surface area (Å²) in [6, 6.07) is 9.23. The predicted molar refractivity (Wildman–Crippen MR) is 69.9 cm³/mol. The Morgan fingerprint density at radius 3 is 2.72 bits per heavy atom. The number of benzene rings is 1. The summed E-state index contributed by atoms with van der Waals surface area (Å²) >= 11 is 0. The number of ether oxygens (including phenoxy) is 1. The first kappa shape index (κ1) is 14.5. The minimum absolute atomic E-state index is 0.236. The molecular formula is C13H19N3O2. The second-order valence-electron chi connectivity index (χ2n) is 4.13. The number of aliphatic hydroxyl groups is 1. The molecule has 0 fully saturated rings. The Kier molecular flexibility index (Phi) is 6.87. The van der Waals surface area contributed by atoms with Crippen LogP contribution in [0.15, 0.2) is 35.4 Å². The lowest BCUT2D eigenvalue weighted by Crippen LogP contribution is -2.28. The largest absolute Gasteiger partial charge is 0.393 e. The molecule has 2 atom stereocenters. The molecule has 5 nitrogen and oxygen atoms in total. The quantitative estimate of drug-likeness (QED) is 0.436. The fourth-order valence-electron chi connectivity index (χ4n) is 1.65. The van der Waals surface area contributed by atoms with E-state index in [0.29, 0.717) is 13.0 Å². The second-order valence-corrected chi connectivity index (χ2v) is 4.13. The molecule has 0 heterocycles. The van der Waals surface area contributed by atoms with E-state index in [1.807, 2.05) is 37.3 Å². The van der Waals surface area contributed by atoms with Crippen LogP contribution >= 0.6 is 0 Å². The second kappa shape index (κ2) is 8.53. The first-order chi connectivity index (χ1) is 8.77. The van der Waals surface area contributed by atoms with Crippen LogP contribution in [-0.2, 0) is 11.3 Å². The highest BCUT2D eigenvalue weighted by atomic mass is 16.5. The van der Waals surface area contributed by atoms with Crippen molar-refractivity contribution >= 4 is 0 Å². The minimum Gasteiger partial charge on any atom is -0.393 e. The van der Waals surface area contributed by atoms with Crippen LogP contribution in [0.5, 0.6) is 0 Å². The maximum absolute atomic E-state index is 9.79. The van der Waals surface area contributed by atoms with Crippen molar-refractivity contribution < 1.29 is 9.84 Å². The number of azide groups is 1. The van der Waals surface area contributed by atoms with E-state index in [1.54, 1.807) is 0 Å². The van der Waals surface area contributed by atoms with E-state index in [4.69, 9.17) is 10.3 Å². The van der Waals surface area contributed by atoms with E-state index < -0.39 is 12.1 Å². The van der Waals surface area contributed by atoms with Gasteiger partial charge in [0, 0.05) is 4.91 Å². The van der Waals surface area contributed by atoms with E-state index in [1.165, 1.54) is 0 Å². The fraction of sp³-hybridized carbons (Fsp3) is 0.538. The molecule has 0 bridgehead atoms. The van der Waals surface area contributed by atoms with Gasteiger partial charge in [-0.25, -0.2) is 0 Å². The van der Waals surface area contributed by atoms with Crippen LogP contribution in [0.25, 0.3) is 10.4 Å². The van der Waals surface area contributed by atoms with E-state index >= 15 is 0 Å². The number of hydrogen-bond donors (Lipinski definition) is 1. The third-order valence-electron chi connectivity index (χ3n) is 2.63. The molecule has 5 heteroatoms. The molecule has 0 radical (unpaired) electrons. The van der Waals surface area contributed by atoms with Crippen molar-refractivity contribution in [3.63, 3.8) is 0 Å². The minimum atomic E-state index is -0.637. The fourth-order valence-corrected chi connectivity index (χ4v) is 1.65. The van der Waals surface area contributed by atoms with Gasteiger partial charge in [-0.15, -0.1) is 0 Å². The molecule has 0 amide bonds. The van der Waals surface area contributed by atoms with E-state index in [9.17, 15) is 5.11 Å². The third kappa shape index (κ3) is 5.19. The standard InChI is InChI=1S/C13H19N3O2/c1-2-6-13(17)12(15-16-14)10-18-9-11-7-4-3-5-8-11/h3-5,7-8,12-13,17H,2,6,9-10H2,1H3/t12-,13-/m1/s1. The molecule has 0 spiro atoms. The van der Waals surface area contributed by atoms with Crippen molar-refractivity contribution in [1.29, 1.82) is 0 Å². The molecule has 0 saturated carbocycles. The van der Waals surface area contributed by atoms with Gasteiger partial charge in [-0.2, -0.15) is 0 Å². The summed E-state index contributed by atoms with van der Waals surface area (Å²) in [5.41, 5.74) is 9.52. The lowest BCUT2D eigenvalue weighted by molar-refractivity contribution is 0.0514. The van der Waals surface area contributed by atoms with Gasteiger partial charge >= 0.3 is 0 Å². The highest BCUT2D eigenvalue weighted by Crippen LogP contribution is 2.09. The van der Waals surface area contributed by atoms with Gasteiger partial charge in [0.15, 0.2) is 0 Å². The van der Waals surface area contributed by atoms with Crippen molar-refractivity contribution in [3.05, 3.63) is 46.3 Å². The van der Waals surface area contributed by atoms with Crippen molar-refractivity contribution in [2.45, 2.75) is 38.5 Å². The molecule has 1 rings (SSSR count). The maximum atomic E-state index is 9.79. The Morgan fingerprint density at radius 1 is 1.39 bits per heavy atom. The summed E-state index contributed by atoms with van der Waals surface area (Å²) < 4.78 is 5.48. The van der Waals surface area contributed by atoms with Crippen LogP contribution in [0.2, 0.25) is 0 Å². The monoisotopic (exact) mass is 249 g/mol. The lowest BCUT2D eigenvalue weighted by atomic mass is 10.1. The summed E-state index contributed by atoms with van der Waals surface area (Å²) in [4.78, 5) is 2.75. The number of nitrogens with zero attached hydrogens (tertiary/aromatic N) is 3. The van der Waals surface area contributed by atoms with Crippen LogP contribution in [0, 0.1) is 0 Å². The van der Waals surface area contributed by atoms with Gasteiger partial charge in [0.1, 0.15) is 0 Å². The Bertz CT molecular complexity index is 377. The molecule has 98 valence electrons. The van der Waals surface area contributed by atoms with Gasteiger partial charge in [-0.3, -0.25) is 0 Å². The summed E-state index contributed by atoms with van der Waals surface area (Å²) in [6.45, 7) is 2.67. The van der Waals surface area contributed by atoms with Crippen LogP contribution < -0.4 is 0 Å². The molecular weight excluding hydrogens is 230 g/mol. The Morgan fingerprint density at radius 2 is 2.11 bits per heavy atom. The van der Waals surface area contributed by atoms with Gasteiger partial charge < -0.3 is 9.84 Å². The zero-order chi connectivity index (χ0) is 13.2. The average molecular weight is 249 g/mol. The zero-order valence-electron chi connectivity index (χ0n) is 10.6. The predicted octanol–water partition coefficient (Wildman–Crippen LogP) is 3.04. The van der Waals surface area contributed by atoms with Crippen LogP contribution in [0.1, 0.15) is 25.3 Å². The first-order valence-electron chi connectivity index (χ1n) is 6.11. The average Bonchev–Trinajstić information content (AvgIpc) is 2.39. The SMILES string of the molecule is CCC[C@@H](O)[C@@H](COCc1ccccc1)N=[N+]=[N-]. The Hall–Kier alpha value is -1.55. The van der Waals surface area contributed by atoms with Crippen molar-refractivity contribution in [2.24, 2.45) is 5.11 Å². The molecule has 1 aromatic rings.